The maximum Gasteiger partial charge on any atom is 0.272 e. The lowest BCUT2D eigenvalue weighted by molar-refractivity contribution is 0.0740. The van der Waals surface area contributed by atoms with Gasteiger partial charge in [-0.1, -0.05) is 12.1 Å². The fraction of sp³-hybridized carbons (Fsp3) is 0.292. The number of amides is 1. The van der Waals surface area contributed by atoms with Crippen LogP contribution in [-0.4, -0.2) is 66.7 Å². The average molecular weight is 444 g/mol. The second kappa shape index (κ2) is 8.16. The molecule has 5 rings (SSSR count). The van der Waals surface area contributed by atoms with Crippen LogP contribution >= 0.6 is 0 Å². The molecule has 0 saturated carbocycles. The number of rotatable bonds is 3. The summed E-state index contributed by atoms with van der Waals surface area (Å²) in [7, 11) is 0. The summed E-state index contributed by atoms with van der Waals surface area (Å²) in [5.41, 5.74) is 4.29. The number of anilines is 1. The first-order chi connectivity index (χ1) is 15.9. The minimum Gasteiger partial charge on any atom is -0.507 e. The van der Waals surface area contributed by atoms with Crippen LogP contribution in [0.2, 0.25) is 0 Å². The van der Waals surface area contributed by atoms with Crippen molar-refractivity contribution in [1.29, 1.82) is 0 Å². The number of carbonyl (C=O) groups excluding carboxylic acids is 1. The number of para-hydroxylation sites is 1. The lowest BCUT2D eigenvalue weighted by Crippen LogP contribution is -2.49. The van der Waals surface area contributed by atoms with Crippen LogP contribution in [0.15, 0.2) is 42.5 Å². The van der Waals surface area contributed by atoms with E-state index < -0.39 is 0 Å². The van der Waals surface area contributed by atoms with Crippen LogP contribution in [0.3, 0.4) is 0 Å². The van der Waals surface area contributed by atoms with E-state index in [1.807, 2.05) is 43.9 Å². The highest BCUT2D eigenvalue weighted by molar-refractivity contribution is 5.93. The molecule has 1 saturated heterocycles. The fourth-order valence-electron chi connectivity index (χ4n) is 4.15. The van der Waals surface area contributed by atoms with E-state index in [4.69, 9.17) is 4.98 Å². The molecule has 0 unspecified atom stereocenters. The SMILES string of the molecule is Cc1cc(N2CCN(C(=O)c3cc(C)n4nc(C)cc4n3)CC2)nc(-c2ccccc2O)n1. The Morgan fingerprint density at radius 3 is 2.42 bits per heavy atom. The third-order valence-electron chi connectivity index (χ3n) is 5.82. The molecule has 0 spiro atoms. The van der Waals surface area contributed by atoms with Crippen LogP contribution in [0.1, 0.15) is 27.6 Å². The highest BCUT2D eigenvalue weighted by atomic mass is 16.3. The summed E-state index contributed by atoms with van der Waals surface area (Å²) >= 11 is 0. The second-order valence-corrected chi connectivity index (χ2v) is 8.33. The number of aromatic nitrogens is 5. The van der Waals surface area contributed by atoms with Gasteiger partial charge in [-0.05, 0) is 39.0 Å². The Labute approximate surface area is 191 Å². The number of hydrogen-bond donors (Lipinski definition) is 1. The first-order valence-electron chi connectivity index (χ1n) is 10.9. The molecule has 1 amide bonds. The van der Waals surface area contributed by atoms with Gasteiger partial charge in [0.1, 0.15) is 17.3 Å². The fourth-order valence-corrected chi connectivity index (χ4v) is 4.15. The van der Waals surface area contributed by atoms with Gasteiger partial charge < -0.3 is 14.9 Å². The molecule has 1 aromatic carbocycles. The van der Waals surface area contributed by atoms with Crippen LogP contribution in [-0.2, 0) is 0 Å². The zero-order valence-corrected chi connectivity index (χ0v) is 18.9. The maximum atomic E-state index is 13.1. The molecule has 0 aliphatic carbocycles. The minimum absolute atomic E-state index is 0.0760. The Balaban J connectivity index is 1.33. The molecule has 0 bridgehead atoms. The number of phenols is 1. The van der Waals surface area contributed by atoms with E-state index in [0.29, 0.717) is 48.9 Å². The molecule has 9 nitrogen and oxygen atoms in total. The van der Waals surface area contributed by atoms with Gasteiger partial charge in [-0.2, -0.15) is 5.10 Å². The average Bonchev–Trinajstić information content (AvgIpc) is 3.19. The Morgan fingerprint density at radius 2 is 1.67 bits per heavy atom. The summed E-state index contributed by atoms with van der Waals surface area (Å²) in [6.07, 6.45) is 0. The number of nitrogens with zero attached hydrogens (tertiary/aromatic N) is 7. The van der Waals surface area contributed by atoms with Crippen LogP contribution in [0, 0.1) is 20.8 Å². The number of aromatic hydroxyl groups is 1. The number of hydrogen-bond acceptors (Lipinski definition) is 7. The summed E-state index contributed by atoms with van der Waals surface area (Å²) in [4.78, 5) is 30.8. The predicted octanol–water partition coefficient (Wildman–Crippen LogP) is 2.78. The van der Waals surface area contributed by atoms with Crippen LogP contribution in [0.4, 0.5) is 5.82 Å². The molecule has 3 aromatic heterocycles. The van der Waals surface area contributed by atoms with Crippen molar-refractivity contribution >= 4 is 17.4 Å². The van der Waals surface area contributed by atoms with Crippen molar-refractivity contribution in [3.63, 3.8) is 0 Å². The number of carbonyl (C=O) groups is 1. The van der Waals surface area contributed by atoms with E-state index in [-0.39, 0.29) is 11.7 Å². The number of fused-ring (bicyclic) bond motifs is 1. The monoisotopic (exact) mass is 443 g/mol. The molecule has 4 aromatic rings. The molecule has 0 radical (unpaired) electrons. The van der Waals surface area contributed by atoms with Crippen molar-refractivity contribution in [2.75, 3.05) is 31.1 Å². The van der Waals surface area contributed by atoms with Crippen molar-refractivity contribution in [3.8, 4) is 17.1 Å². The molecule has 4 heterocycles. The molecule has 9 heteroatoms. The Hall–Kier alpha value is -4.01. The molecule has 168 valence electrons. The smallest absolute Gasteiger partial charge is 0.272 e. The third-order valence-corrected chi connectivity index (χ3v) is 5.82. The number of benzene rings is 1. The lowest BCUT2D eigenvalue weighted by Gasteiger charge is -2.35. The first kappa shape index (κ1) is 20.9. The van der Waals surface area contributed by atoms with Crippen molar-refractivity contribution in [1.82, 2.24) is 29.5 Å². The van der Waals surface area contributed by atoms with E-state index in [0.717, 1.165) is 22.9 Å². The normalized spacial score (nSPS) is 14.2. The van der Waals surface area contributed by atoms with E-state index in [1.165, 1.54) is 0 Å². The quantitative estimate of drug-likeness (QED) is 0.520. The molecule has 1 fully saturated rings. The minimum atomic E-state index is -0.0760. The number of aryl methyl sites for hydroxylation is 3. The van der Waals surface area contributed by atoms with Gasteiger partial charge in [0.2, 0.25) is 0 Å². The Bertz CT molecular complexity index is 1360. The van der Waals surface area contributed by atoms with E-state index in [2.05, 4.69) is 20.0 Å². The third kappa shape index (κ3) is 3.97. The molecular weight excluding hydrogens is 418 g/mol. The highest BCUT2D eigenvalue weighted by Crippen LogP contribution is 2.28. The lowest BCUT2D eigenvalue weighted by atomic mass is 10.2. The second-order valence-electron chi connectivity index (χ2n) is 8.33. The van der Waals surface area contributed by atoms with Crippen LogP contribution < -0.4 is 4.90 Å². The summed E-state index contributed by atoms with van der Waals surface area (Å²) in [5.74, 6) is 1.36. The zero-order chi connectivity index (χ0) is 23.1. The Morgan fingerprint density at radius 1 is 0.909 bits per heavy atom. The molecule has 1 aliphatic rings. The van der Waals surface area contributed by atoms with Crippen molar-refractivity contribution in [2.45, 2.75) is 20.8 Å². The van der Waals surface area contributed by atoms with Gasteiger partial charge >= 0.3 is 0 Å². The van der Waals surface area contributed by atoms with Gasteiger partial charge in [-0.15, -0.1) is 0 Å². The Kier molecular flexibility index (Phi) is 5.16. The van der Waals surface area contributed by atoms with E-state index >= 15 is 0 Å². The maximum absolute atomic E-state index is 13.1. The van der Waals surface area contributed by atoms with Crippen molar-refractivity contribution < 1.29 is 9.90 Å². The largest absolute Gasteiger partial charge is 0.507 e. The topological polar surface area (TPSA) is 99.8 Å². The summed E-state index contributed by atoms with van der Waals surface area (Å²) < 4.78 is 1.75. The summed E-state index contributed by atoms with van der Waals surface area (Å²) in [5, 5.41) is 14.6. The molecule has 1 N–H and O–H groups in total. The van der Waals surface area contributed by atoms with Crippen LogP contribution in [0.25, 0.3) is 17.0 Å². The molecular formula is C24H25N7O2. The van der Waals surface area contributed by atoms with E-state index in [9.17, 15) is 9.90 Å². The van der Waals surface area contributed by atoms with Gasteiger partial charge in [-0.3, -0.25) is 4.79 Å². The number of piperazine rings is 1. The van der Waals surface area contributed by atoms with Gasteiger partial charge in [-0.25, -0.2) is 19.5 Å². The highest BCUT2D eigenvalue weighted by Gasteiger charge is 2.25. The first-order valence-corrected chi connectivity index (χ1v) is 10.9. The zero-order valence-electron chi connectivity index (χ0n) is 18.9. The van der Waals surface area contributed by atoms with E-state index in [1.54, 1.807) is 28.8 Å². The van der Waals surface area contributed by atoms with Gasteiger partial charge in [0.15, 0.2) is 11.5 Å². The van der Waals surface area contributed by atoms with Gasteiger partial charge in [0.25, 0.3) is 5.91 Å². The van der Waals surface area contributed by atoms with Gasteiger partial charge in [0.05, 0.1) is 11.3 Å². The standard InChI is InChI=1S/C24H25N7O2/c1-15-12-21(27-23(25-15)18-6-4-5-7-20(18)32)29-8-10-30(11-9-29)24(33)19-14-17(3)31-22(26-19)13-16(2)28-31/h4-7,12-14,32H,8-11H2,1-3H3. The van der Waals surface area contributed by atoms with Crippen LogP contribution in [0.5, 0.6) is 5.75 Å². The van der Waals surface area contributed by atoms with Crippen molar-refractivity contribution in [2.24, 2.45) is 0 Å². The summed E-state index contributed by atoms with van der Waals surface area (Å²) in [6.45, 7) is 8.18. The molecule has 1 aliphatic heterocycles. The number of phenolic OH excluding ortho intramolecular Hbond substituents is 1. The molecule has 33 heavy (non-hydrogen) atoms. The summed E-state index contributed by atoms with van der Waals surface area (Å²) in [6, 6.07) is 12.7. The predicted molar refractivity (Wildman–Crippen MR) is 124 cm³/mol. The van der Waals surface area contributed by atoms with Gasteiger partial charge in [0, 0.05) is 49.7 Å². The molecule has 0 atom stereocenters. The van der Waals surface area contributed by atoms with Crippen molar-refractivity contribution in [3.05, 3.63) is 65.2 Å².